The Bertz CT molecular complexity index is 305. The first-order valence-electron chi connectivity index (χ1n) is 6.68. The molecule has 0 radical (unpaired) electrons. The summed E-state index contributed by atoms with van der Waals surface area (Å²) >= 11 is 0. The van der Waals surface area contributed by atoms with E-state index in [0.29, 0.717) is 39.3 Å². The number of carbonyl (C=O) groups excluding carboxylic acids is 1. The Labute approximate surface area is 117 Å². The molecule has 1 N–H and O–H groups in total. The number of hydrogen-bond donors (Lipinski definition) is 1. The van der Waals surface area contributed by atoms with Crippen LogP contribution in [0.25, 0.3) is 0 Å². The fourth-order valence-electron chi connectivity index (χ4n) is 2.25. The zero-order valence-corrected chi connectivity index (χ0v) is 11.9. The molecule has 118 valence electrons. The molecule has 1 saturated heterocycles. The SMILES string of the molecule is CCNC(CN1CCN(CC(F)(F)F)CC1)C(=O)OC. The number of likely N-dealkylation sites (N-methyl/N-ethyl adjacent to an activating group) is 1. The Morgan fingerprint density at radius 3 is 2.25 bits per heavy atom. The summed E-state index contributed by atoms with van der Waals surface area (Å²) in [4.78, 5) is 14.9. The normalized spacial score (nSPS) is 19.9. The van der Waals surface area contributed by atoms with E-state index in [1.807, 2.05) is 11.8 Å². The van der Waals surface area contributed by atoms with Crippen molar-refractivity contribution in [2.24, 2.45) is 0 Å². The van der Waals surface area contributed by atoms with Gasteiger partial charge in [-0.1, -0.05) is 6.92 Å². The van der Waals surface area contributed by atoms with Crippen LogP contribution in [0.15, 0.2) is 0 Å². The summed E-state index contributed by atoms with van der Waals surface area (Å²) in [6.45, 7) is 3.88. The Kier molecular flexibility index (Phi) is 6.70. The van der Waals surface area contributed by atoms with Crippen LogP contribution in [0.5, 0.6) is 0 Å². The summed E-state index contributed by atoms with van der Waals surface area (Å²) in [5.41, 5.74) is 0. The summed E-state index contributed by atoms with van der Waals surface area (Å²) in [7, 11) is 1.33. The van der Waals surface area contributed by atoms with Crippen LogP contribution >= 0.6 is 0 Å². The van der Waals surface area contributed by atoms with E-state index in [4.69, 9.17) is 4.74 Å². The molecular weight excluding hydrogens is 275 g/mol. The second kappa shape index (κ2) is 7.80. The quantitative estimate of drug-likeness (QED) is 0.715. The minimum Gasteiger partial charge on any atom is -0.468 e. The number of carbonyl (C=O) groups is 1. The number of nitrogens with zero attached hydrogens (tertiary/aromatic N) is 2. The van der Waals surface area contributed by atoms with Gasteiger partial charge in [0.05, 0.1) is 13.7 Å². The van der Waals surface area contributed by atoms with Gasteiger partial charge in [0, 0.05) is 32.7 Å². The molecule has 20 heavy (non-hydrogen) atoms. The molecular formula is C12H22F3N3O2. The van der Waals surface area contributed by atoms with E-state index in [-0.39, 0.29) is 5.97 Å². The van der Waals surface area contributed by atoms with Crippen molar-refractivity contribution in [3.8, 4) is 0 Å². The van der Waals surface area contributed by atoms with Crippen LogP contribution < -0.4 is 5.32 Å². The monoisotopic (exact) mass is 297 g/mol. The number of piperazine rings is 1. The predicted octanol–water partition coefficient (Wildman–Crippen LogP) is 0.317. The van der Waals surface area contributed by atoms with Crippen LogP contribution in [0, 0.1) is 0 Å². The molecule has 0 amide bonds. The summed E-state index contributed by atoms with van der Waals surface area (Å²) in [6, 6.07) is -0.431. The van der Waals surface area contributed by atoms with Gasteiger partial charge < -0.3 is 10.1 Å². The first kappa shape index (κ1) is 17.2. The van der Waals surface area contributed by atoms with Crippen LogP contribution in [-0.4, -0.2) is 80.9 Å². The van der Waals surface area contributed by atoms with Crippen molar-refractivity contribution in [1.82, 2.24) is 15.1 Å². The Morgan fingerprint density at radius 2 is 1.80 bits per heavy atom. The molecule has 8 heteroatoms. The van der Waals surface area contributed by atoms with Crippen molar-refractivity contribution in [1.29, 1.82) is 0 Å². The smallest absolute Gasteiger partial charge is 0.401 e. The fourth-order valence-corrected chi connectivity index (χ4v) is 2.25. The molecule has 0 saturated carbocycles. The topological polar surface area (TPSA) is 44.8 Å². The maximum absolute atomic E-state index is 12.3. The standard InChI is InChI=1S/C12H22F3N3O2/c1-3-16-10(11(19)20-2)8-17-4-6-18(7-5-17)9-12(13,14)15/h10,16H,3-9H2,1-2H3. The minimum atomic E-state index is -4.15. The Balaban J connectivity index is 2.38. The van der Waals surface area contributed by atoms with E-state index in [9.17, 15) is 18.0 Å². The summed E-state index contributed by atoms with van der Waals surface area (Å²) in [6.07, 6.45) is -4.15. The van der Waals surface area contributed by atoms with E-state index < -0.39 is 18.8 Å². The van der Waals surface area contributed by atoms with Crippen LogP contribution in [-0.2, 0) is 9.53 Å². The molecule has 1 unspecified atom stereocenters. The highest BCUT2D eigenvalue weighted by molar-refractivity contribution is 5.75. The van der Waals surface area contributed by atoms with Crippen molar-refractivity contribution in [3.63, 3.8) is 0 Å². The molecule has 0 aromatic rings. The molecule has 1 aliphatic rings. The average Bonchev–Trinajstić information content (AvgIpc) is 2.38. The lowest BCUT2D eigenvalue weighted by Gasteiger charge is -2.36. The van der Waals surface area contributed by atoms with Gasteiger partial charge in [-0.25, -0.2) is 0 Å². The molecule has 1 heterocycles. The molecule has 0 bridgehead atoms. The van der Waals surface area contributed by atoms with Gasteiger partial charge in [0.2, 0.25) is 0 Å². The van der Waals surface area contributed by atoms with Gasteiger partial charge in [-0.2, -0.15) is 13.2 Å². The van der Waals surface area contributed by atoms with E-state index in [1.54, 1.807) is 0 Å². The maximum Gasteiger partial charge on any atom is 0.401 e. The number of halogens is 3. The lowest BCUT2D eigenvalue weighted by Crippen LogP contribution is -2.54. The van der Waals surface area contributed by atoms with E-state index >= 15 is 0 Å². The third-order valence-corrected chi connectivity index (χ3v) is 3.24. The van der Waals surface area contributed by atoms with Crippen LogP contribution in [0.2, 0.25) is 0 Å². The zero-order chi connectivity index (χ0) is 15.2. The Morgan fingerprint density at radius 1 is 1.25 bits per heavy atom. The average molecular weight is 297 g/mol. The van der Waals surface area contributed by atoms with Crippen molar-refractivity contribution in [2.45, 2.75) is 19.1 Å². The van der Waals surface area contributed by atoms with Gasteiger partial charge in [0.15, 0.2) is 0 Å². The van der Waals surface area contributed by atoms with Gasteiger partial charge in [-0.3, -0.25) is 14.6 Å². The lowest BCUT2D eigenvalue weighted by molar-refractivity contribution is -0.149. The third-order valence-electron chi connectivity index (χ3n) is 3.24. The number of alkyl halides is 3. The molecule has 0 aliphatic carbocycles. The van der Waals surface area contributed by atoms with E-state index in [2.05, 4.69) is 5.32 Å². The third kappa shape index (κ3) is 6.06. The number of nitrogens with one attached hydrogen (secondary N) is 1. The fraction of sp³-hybridized carbons (Fsp3) is 0.917. The molecule has 1 aliphatic heterocycles. The number of methoxy groups -OCH3 is 1. The van der Waals surface area contributed by atoms with Crippen molar-refractivity contribution in [3.05, 3.63) is 0 Å². The summed E-state index contributed by atoms with van der Waals surface area (Å²) in [5, 5.41) is 3.02. The highest BCUT2D eigenvalue weighted by Crippen LogP contribution is 2.17. The number of ether oxygens (including phenoxy) is 1. The highest BCUT2D eigenvalue weighted by Gasteiger charge is 2.32. The summed E-state index contributed by atoms with van der Waals surface area (Å²) < 4.78 is 41.5. The number of hydrogen-bond acceptors (Lipinski definition) is 5. The van der Waals surface area contributed by atoms with Crippen molar-refractivity contribution in [2.75, 3.05) is 52.9 Å². The predicted molar refractivity (Wildman–Crippen MR) is 68.4 cm³/mol. The van der Waals surface area contributed by atoms with Crippen LogP contribution in [0.1, 0.15) is 6.92 Å². The molecule has 0 aromatic carbocycles. The highest BCUT2D eigenvalue weighted by atomic mass is 19.4. The lowest BCUT2D eigenvalue weighted by atomic mass is 10.2. The second-order valence-corrected chi connectivity index (χ2v) is 4.83. The van der Waals surface area contributed by atoms with Gasteiger partial charge >= 0.3 is 12.1 Å². The summed E-state index contributed by atoms with van der Waals surface area (Å²) in [5.74, 6) is -0.343. The van der Waals surface area contributed by atoms with E-state index in [0.717, 1.165) is 0 Å². The van der Waals surface area contributed by atoms with Crippen LogP contribution in [0.4, 0.5) is 13.2 Å². The maximum atomic E-state index is 12.3. The van der Waals surface area contributed by atoms with Crippen molar-refractivity contribution >= 4 is 5.97 Å². The second-order valence-electron chi connectivity index (χ2n) is 4.83. The minimum absolute atomic E-state index is 0.343. The van der Waals surface area contributed by atoms with E-state index in [1.165, 1.54) is 12.0 Å². The first-order valence-corrected chi connectivity index (χ1v) is 6.68. The molecule has 1 atom stereocenters. The zero-order valence-electron chi connectivity index (χ0n) is 11.9. The molecule has 5 nitrogen and oxygen atoms in total. The number of esters is 1. The Hall–Kier alpha value is -0.860. The molecule has 1 fully saturated rings. The van der Waals surface area contributed by atoms with Crippen LogP contribution in [0.3, 0.4) is 0 Å². The van der Waals surface area contributed by atoms with Gasteiger partial charge in [0.25, 0.3) is 0 Å². The molecule has 0 aromatic heterocycles. The number of rotatable bonds is 6. The van der Waals surface area contributed by atoms with Gasteiger partial charge in [0.1, 0.15) is 6.04 Å². The molecule has 0 spiro atoms. The van der Waals surface area contributed by atoms with Gasteiger partial charge in [-0.05, 0) is 6.54 Å². The largest absolute Gasteiger partial charge is 0.468 e. The first-order chi connectivity index (χ1) is 9.35. The van der Waals surface area contributed by atoms with Crippen molar-refractivity contribution < 1.29 is 22.7 Å². The van der Waals surface area contributed by atoms with Gasteiger partial charge in [-0.15, -0.1) is 0 Å². The molecule has 1 rings (SSSR count).